The molecule has 2 aliphatic rings. The third kappa shape index (κ3) is 5.35. The van der Waals surface area contributed by atoms with E-state index in [1.54, 1.807) is 11.6 Å². The van der Waals surface area contributed by atoms with E-state index in [2.05, 4.69) is 15.6 Å². The molecule has 3 atom stereocenters. The van der Waals surface area contributed by atoms with E-state index < -0.39 is 12.2 Å². The van der Waals surface area contributed by atoms with E-state index >= 15 is 0 Å². The predicted molar refractivity (Wildman–Crippen MR) is 93.0 cm³/mol. The Bertz CT molecular complexity index is 615. The van der Waals surface area contributed by atoms with Crippen molar-refractivity contribution in [2.45, 2.75) is 43.9 Å². The van der Waals surface area contributed by atoms with Crippen LogP contribution in [-0.2, 0) is 20.7 Å². The minimum Gasteiger partial charge on any atom is -0.394 e. The standard InChI is InChI=1S/C17H23N3O4S/c21-8-15-14(20-17(23)11-1-2-11)4-3-13(24-15)7-16(22)18-6-5-12-9-25-10-19-12/h3-4,9-11,13-15,21H,1-2,5-8H2,(H,18,22)(H,20,23)/t13-,14+,15+/m0/s1. The van der Waals surface area contributed by atoms with Crippen molar-refractivity contribution >= 4 is 23.2 Å². The minimum absolute atomic E-state index is 0.00920. The zero-order valence-electron chi connectivity index (χ0n) is 13.9. The van der Waals surface area contributed by atoms with E-state index in [0.29, 0.717) is 13.0 Å². The van der Waals surface area contributed by atoms with Crippen LogP contribution in [0, 0.1) is 5.92 Å². The third-order valence-corrected chi connectivity index (χ3v) is 4.93. The molecule has 3 N–H and O–H groups in total. The van der Waals surface area contributed by atoms with Crippen molar-refractivity contribution < 1.29 is 19.4 Å². The lowest BCUT2D eigenvalue weighted by molar-refractivity contribution is -0.128. The summed E-state index contributed by atoms with van der Waals surface area (Å²) in [6.45, 7) is 0.324. The number of nitrogens with zero attached hydrogens (tertiary/aromatic N) is 1. The van der Waals surface area contributed by atoms with Gasteiger partial charge < -0.3 is 20.5 Å². The molecule has 0 aromatic carbocycles. The number of hydrogen-bond acceptors (Lipinski definition) is 6. The zero-order chi connectivity index (χ0) is 17.6. The molecule has 1 saturated carbocycles. The van der Waals surface area contributed by atoms with Crippen LogP contribution in [0.4, 0.5) is 0 Å². The molecule has 1 aromatic heterocycles. The lowest BCUT2D eigenvalue weighted by Gasteiger charge is -2.31. The second kappa shape index (κ2) is 8.55. The summed E-state index contributed by atoms with van der Waals surface area (Å²) < 4.78 is 5.75. The number of rotatable bonds is 8. The zero-order valence-corrected chi connectivity index (χ0v) is 14.7. The van der Waals surface area contributed by atoms with Crippen molar-refractivity contribution in [1.82, 2.24) is 15.6 Å². The summed E-state index contributed by atoms with van der Waals surface area (Å²) in [5.41, 5.74) is 2.74. The van der Waals surface area contributed by atoms with Gasteiger partial charge in [-0.25, -0.2) is 4.98 Å². The molecule has 0 radical (unpaired) electrons. The fraction of sp³-hybridized carbons (Fsp3) is 0.588. The van der Waals surface area contributed by atoms with Crippen LogP contribution < -0.4 is 10.6 Å². The monoisotopic (exact) mass is 365 g/mol. The molecule has 2 heterocycles. The number of aliphatic hydroxyl groups is 1. The largest absolute Gasteiger partial charge is 0.394 e. The lowest BCUT2D eigenvalue weighted by Crippen LogP contribution is -2.49. The summed E-state index contributed by atoms with van der Waals surface area (Å²) in [7, 11) is 0. The molecule has 0 unspecified atom stereocenters. The molecule has 0 bridgehead atoms. The van der Waals surface area contributed by atoms with Crippen molar-refractivity contribution in [2.75, 3.05) is 13.2 Å². The molecule has 1 aliphatic heterocycles. The quantitative estimate of drug-likeness (QED) is 0.579. The van der Waals surface area contributed by atoms with Gasteiger partial charge in [0.2, 0.25) is 11.8 Å². The first-order valence-corrected chi connectivity index (χ1v) is 9.48. The van der Waals surface area contributed by atoms with E-state index in [0.717, 1.165) is 18.5 Å². The van der Waals surface area contributed by atoms with Gasteiger partial charge in [0.15, 0.2) is 0 Å². The molecular formula is C17H23N3O4S. The molecule has 8 heteroatoms. The van der Waals surface area contributed by atoms with Gasteiger partial charge in [0.25, 0.3) is 0 Å². The Kier molecular flexibility index (Phi) is 6.17. The fourth-order valence-corrected chi connectivity index (χ4v) is 3.30. The first kappa shape index (κ1) is 18.0. The molecule has 3 rings (SSSR count). The van der Waals surface area contributed by atoms with E-state index in [1.807, 2.05) is 11.5 Å². The van der Waals surface area contributed by atoms with E-state index in [9.17, 15) is 14.7 Å². The van der Waals surface area contributed by atoms with Crippen LogP contribution in [0.1, 0.15) is 25.0 Å². The van der Waals surface area contributed by atoms with Gasteiger partial charge in [0.1, 0.15) is 6.10 Å². The summed E-state index contributed by atoms with van der Waals surface area (Å²) in [6.07, 6.45) is 5.42. The van der Waals surface area contributed by atoms with E-state index in [-0.39, 0.29) is 36.8 Å². The highest BCUT2D eigenvalue weighted by Crippen LogP contribution is 2.29. The van der Waals surface area contributed by atoms with Gasteiger partial charge in [-0.15, -0.1) is 11.3 Å². The first-order valence-electron chi connectivity index (χ1n) is 8.54. The maximum atomic E-state index is 12.0. The van der Waals surface area contributed by atoms with Crippen molar-refractivity contribution in [2.24, 2.45) is 5.92 Å². The average Bonchev–Trinajstić information content (AvgIpc) is 3.33. The van der Waals surface area contributed by atoms with Gasteiger partial charge in [0.05, 0.1) is 36.4 Å². The van der Waals surface area contributed by atoms with Crippen molar-refractivity contribution in [3.05, 3.63) is 28.7 Å². The summed E-state index contributed by atoms with van der Waals surface area (Å²) >= 11 is 1.53. The molecular weight excluding hydrogens is 342 g/mol. The molecule has 136 valence electrons. The maximum absolute atomic E-state index is 12.0. The number of nitrogens with one attached hydrogen (secondary N) is 2. The number of aliphatic hydroxyl groups excluding tert-OH is 1. The lowest BCUT2D eigenvalue weighted by atomic mass is 10.0. The Hall–Kier alpha value is -1.77. The average molecular weight is 365 g/mol. The second-order valence-electron chi connectivity index (χ2n) is 6.37. The summed E-state index contributed by atoms with van der Waals surface area (Å²) in [6, 6.07) is -0.345. The highest BCUT2D eigenvalue weighted by atomic mass is 32.1. The molecule has 1 fully saturated rings. The van der Waals surface area contributed by atoms with Crippen molar-refractivity contribution in [1.29, 1.82) is 0 Å². The Morgan fingerprint density at radius 3 is 2.88 bits per heavy atom. The minimum atomic E-state index is -0.527. The van der Waals surface area contributed by atoms with Crippen LogP contribution in [0.5, 0.6) is 0 Å². The molecule has 0 saturated heterocycles. The van der Waals surface area contributed by atoms with Crippen LogP contribution in [0.2, 0.25) is 0 Å². The van der Waals surface area contributed by atoms with E-state index in [4.69, 9.17) is 4.74 Å². The van der Waals surface area contributed by atoms with Gasteiger partial charge in [-0.05, 0) is 12.8 Å². The summed E-state index contributed by atoms with van der Waals surface area (Å²) in [4.78, 5) is 28.0. The Morgan fingerprint density at radius 2 is 2.20 bits per heavy atom. The molecule has 7 nitrogen and oxygen atoms in total. The number of ether oxygens (including phenoxy) is 1. The van der Waals surface area contributed by atoms with Gasteiger partial charge in [-0.2, -0.15) is 0 Å². The highest BCUT2D eigenvalue weighted by Gasteiger charge is 2.34. The molecule has 0 spiro atoms. The van der Waals surface area contributed by atoms with Gasteiger partial charge in [0, 0.05) is 24.3 Å². The predicted octanol–water partition coefficient (Wildman–Crippen LogP) is 0.403. The number of carbonyl (C=O) groups excluding carboxylic acids is 2. The Labute approximate surface area is 150 Å². The van der Waals surface area contributed by atoms with Gasteiger partial charge in [-0.3, -0.25) is 9.59 Å². The van der Waals surface area contributed by atoms with Gasteiger partial charge >= 0.3 is 0 Å². The molecule has 1 aliphatic carbocycles. The topological polar surface area (TPSA) is 101 Å². The van der Waals surface area contributed by atoms with Crippen LogP contribution in [-0.4, -0.2) is 53.3 Å². The van der Waals surface area contributed by atoms with Crippen LogP contribution >= 0.6 is 11.3 Å². The normalized spacial score (nSPS) is 25.6. The molecule has 1 aromatic rings. The van der Waals surface area contributed by atoms with Crippen LogP contribution in [0.15, 0.2) is 23.0 Å². The third-order valence-electron chi connectivity index (χ3n) is 4.29. The van der Waals surface area contributed by atoms with Gasteiger partial charge in [-0.1, -0.05) is 12.2 Å². The van der Waals surface area contributed by atoms with Crippen LogP contribution in [0.3, 0.4) is 0 Å². The van der Waals surface area contributed by atoms with Crippen LogP contribution in [0.25, 0.3) is 0 Å². The highest BCUT2D eigenvalue weighted by molar-refractivity contribution is 7.07. The number of carbonyl (C=O) groups is 2. The first-order chi connectivity index (χ1) is 12.2. The summed E-state index contributed by atoms with van der Waals surface area (Å²) in [5.74, 6) is 0.00549. The maximum Gasteiger partial charge on any atom is 0.223 e. The molecule has 25 heavy (non-hydrogen) atoms. The number of hydrogen-bond donors (Lipinski definition) is 3. The molecule has 2 amide bonds. The number of aromatic nitrogens is 1. The number of amides is 2. The van der Waals surface area contributed by atoms with E-state index in [1.165, 1.54) is 11.3 Å². The summed E-state index contributed by atoms with van der Waals surface area (Å²) in [5, 5.41) is 17.2. The van der Waals surface area contributed by atoms with Crippen molar-refractivity contribution in [3.8, 4) is 0 Å². The number of thiazole rings is 1. The second-order valence-corrected chi connectivity index (χ2v) is 7.09. The Morgan fingerprint density at radius 1 is 1.36 bits per heavy atom. The van der Waals surface area contributed by atoms with Crippen molar-refractivity contribution in [3.63, 3.8) is 0 Å². The Balaban J connectivity index is 1.43. The smallest absolute Gasteiger partial charge is 0.223 e. The SMILES string of the molecule is O=C(C[C@@H]1C=C[C@@H](NC(=O)C2CC2)[C@@H](CO)O1)NCCc1cscn1. The fourth-order valence-electron chi connectivity index (χ4n) is 2.71.